The lowest BCUT2D eigenvalue weighted by atomic mass is 9.71. The van der Waals surface area contributed by atoms with Crippen molar-refractivity contribution in [3.8, 4) is 0 Å². The summed E-state index contributed by atoms with van der Waals surface area (Å²) in [4.78, 5) is 34.8. The van der Waals surface area contributed by atoms with Crippen LogP contribution in [0.5, 0.6) is 0 Å². The third kappa shape index (κ3) is 3.52. The van der Waals surface area contributed by atoms with Gasteiger partial charge in [-0.05, 0) is 28.0 Å². The molecular formula is C17H22O6. The lowest BCUT2D eigenvalue weighted by Gasteiger charge is -2.32. The zero-order chi connectivity index (χ0) is 18.3. The van der Waals surface area contributed by atoms with Crippen molar-refractivity contribution in [2.45, 2.75) is 52.4 Å². The van der Waals surface area contributed by atoms with Gasteiger partial charge < -0.3 is 15.3 Å². The first kappa shape index (κ1) is 18.7. The molecule has 1 aromatic carbocycles. The molecule has 0 aliphatic heterocycles. The Bertz CT molecular complexity index is 687. The molecule has 1 rings (SSSR count). The number of benzene rings is 1. The van der Waals surface area contributed by atoms with Crippen molar-refractivity contribution >= 4 is 17.9 Å². The third-order valence-corrected chi connectivity index (χ3v) is 3.54. The maximum absolute atomic E-state index is 11.8. The van der Waals surface area contributed by atoms with Crippen molar-refractivity contribution in [1.82, 2.24) is 0 Å². The average Bonchev–Trinajstić information content (AvgIpc) is 2.33. The number of hydrogen-bond donors (Lipinski definition) is 3. The third-order valence-electron chi connectivity index (χ3n) is 3.54. The molecule has 0 unspecified atom stereocenters. The summed E-state index contributed by atoms with van der Waals surface area (Å²) in [6.07, 6.45) is 0. The standard InChI is InChI=1S/C17H22O6/c1-16(2,3)9-7-8(13(18)19)10(14(20)21)11(15(22)23)12(9)17(4,5)6/h7H,1-6H3,(H,18,19)(H,20,21)(H,22,23). The van der Waals surface area contributed by atoms with E-state index in [1.165, 1.54) is 6.07 Å². The van der Waals surface area contributed by atoms with Gasteiger partial charge in [-0.1, -0.05) is 41.5 Å². The summed E-state index contributed by atoms with van der Waals surface area (Å²) in [5, 5.41) is 28.3. The molecular weight excluding hydrogens is 300 g/mol. The molecule has 3 N–H and O–H groups in total. The molecule has 0 saturated heterocycles. The smallest absolute Gasteiger partial charge is 0.337 e. The number of aromatic carboxylic acids is 3. The predicted octanol–water partition coefficient (Wildman–Crippen LogP) is 3.38. The number of carbonyl (C=O) groups is 3. The quantitative estimate of drug-likeness (QED) is 0.786. The number of carboxylic acid groups (broad SMARTS) is 3. The minimum absolute atomic E-state index is 0.347. The van der Waals surface area contributed by atoms with E-state index in [0.29, 0.717) is 11.1 Å². The molecule has 0 radical (unpaired) electrons. The first-order chi connectivity index (χ1) is 10.2. The molecule has 0 bridgehead atoms. The fourth-order valence-electron chi connectivity index (χ4n) is 2.66. The van der Waals surface area contributed by atoms with Gasteiger partial charge in [0, 0.05) is 0 Å². The SMILES string of the molecule is CC(C)(C)c1cc(C(=O)O)c(C(=O)O)c(C(=O)O)c1C(C)(C)C. The molecule has 23 heavy (non-hydrogen) atoms. The Kier molecular flexibility index (Phi) is 4.61. The van der Waals surface area contributed by atoms with Gasteiger partial charge in [0.1, 0.15) is 0 Å². The van der Waals surface area contributed by atoms with E-state index >= 15 is 0 Å². The van der Waals surface area contributed by atoms with Crippen molar-refractivity contribution in [2.24, 2.45) is 0 Å². The molecule has 0 aliphatic rings. The zero-order valence-electron chi connectivity index (χ0n) is 14.1. The van der Waals surface area contributed by atoms with Crippen LogP contribution in [0.25, 0.3) is 0 Å². The molecule has 0 aliphatic carbocycles. The molecule has 6 heteroatoms. The van der Waals surface area contributed by atoms with Crippen molar-refractivity contribution in [3.63, 3.8) is 0 Å². The van der Waals surface area contributed by atoms with Gasteiger partial charge in [0.05, 0.1) is 16.7 Å². The normalized spacial score (nSPS) is 12.1. The summed E-state index contributed by atoms with van der Waals surface area (Å²) < 4.78 is 0. The second kappa shape index (κ2) is 5.68. The van der Waals surface area contributed by atoms with Crippen LogP contribution in [-0.2, 0) is 10.8 Å². The highest BCUT2D eigenvalue weighted by Gasteiger charge is 2.36. The first-order valence-electron chi connectivity index (χ1n) is 7.11. The van der Waals surface area contributed by atoms with Crippen LogP contribution in [0.4, 0.5) is 0 Å². The Morgan fingerprint density at radius 2 is 1.17 bits per heavy atom. The molecule has 0 atom stereocenters. The number of rotatable bonds is 3. The summed E-state index contributed by atoms with van der Waals surface area (Å²) >= 11 is 0. The van der Waals surface area contributed by atoms with Crippen LogP contribution in [0, 0.1) is 0 Å². The summed E-state index contributed by atoms with van der Waals surface area (Å²) in [5.41, 5.74) is -1.98. The van der Waals surface area contributed by atoms with Crippen LogP contribution in [0.1, 0.15) is 83.7 Å². The molecule has 0 aromatic heterocycles. The lowest BCUT2D eigenvalue weighted by Crippen LogP contribution is -2.29. The second-order valence-corrected chi connectivity index (χ2v) is 7.51. The summed E-state index contributed by atoms with van der Waals surface area (Å²) in [7, 11) is 0. The van der Waals surface area contributed by atoms with E-state index in [0.717, 1.165) is 0 Å². The topological polar surface area (TPSA) is 112 Å². The average molecular weight is 322 g/mol. The van der Waals surface area contributed by atoms with Crippen LogP contribution in [0.15, 0.2) is 6.07 Å². The van der Waals surface area contributed by atoms with E-state index in [4.69, 9.17) is 0 Å². The molecule has 0 fully saturated rings. The molecule has 6 nitrogen and oxygen atoms in total. The van der Waals surface area contributed by atoms with E-state index < -0.39 is 45.4 Å². The van der Waals surface area contributed by atoms with Crippen molar-refractivity contribution in [2.75, 3.05) is 0 Å². The van der Waals surface area contributed by atoms with Crippen LogP contribution in [-0.4, -0.2) is 33.2 Å². The highest BCUT2D eigenvalue weighted by atomic mass is 16.4. The van der Waals surface area contributed by atoms with Gasteiger partial charge in [-0.3, -0.25) is 0 Å². The maximum Gasteiger partial charge on any atom is 0.337 e. The van der Waals surface area contributed by atoms with Gasteiger partial charge in [-0.15, -0.1) is 0 Å². The van der Waals surface area contributed by atoms with Crippen LogP contribution in [0.2, 0.25) is 0 Å². The summed E-state index contributed by atoms with van der Waals surface area (Å²) in [6, 6.07) is 1.29. The summed E-state index contributed by atoms with van der Waals surface area (Å²) in [5.74, 6) is -4.47. The van der Waals surface area contributed by atoms with E-state index in [1.807, 2.05) is 20.8 Å². The molecule has 0 spiro atoms. The Labute approximate surface area is 134 Å². The van der Waals surface area contributed by atoms with Gasteiger partial charge in [0.15, 0.2) is 0 Å². The lowest BCUT2D eigenvalue weighted by molar-refractivity contribution is 0.0631. The van der Waals surface area contributed by atoms with E-state index in [-0.39, 0.29) is 0 Å². The van der Waals surface area contributed by atoms with E-state index in [2.05, 4.69) is 0 Å². The molecule has 0 saturated carbocycles. The van der Waals surface area contributed by atoms with E-state index in [9.17, 15) is 29.7 Å². The van der Waals surface area contributed by atoms with Gasteiger partial charge in [0.2, 0.25) is 0 Å². The molecule has 1 aromatic rings. The number of carboxylic acids is 3. The monoisotopic (exact) mass is 322 g/mol. The first-order valence-corrected chi connectivity index (χ1v) is 7.11. The fourth-order valence-corrected chi connectivity index (χ4v) is 2.66. The molecule has 0 amide bonds. The van der Waals surface area contributed by atoms with Gasteiger partial charge in [0.25, 0.3) is 0 Å². The zero-order valence-corrected chi connectivity index (χ0v) is 14.1. The number of hydrogen-bond acceptors (Lipinski definition) is 3. The van der Waals surface area contributed by atoms with Crippen molar-refractivity contribution in [1.29, 1.82) is 0 Å². The Hall–Kier alpha value is -2.37. The van der Waals surface area contributed by atoms with Gasteiger partial charge in [-0.25, -0.2) is 14.4 Å². The molecule has 126 valence electrons. The minimum atomic E-state index is -1.56. The Balaban J connectivity index is 4.23. The Morgan fingerprint density at radius 1 is 0.739 bits per heavy atom. The van der Waals surface area contributed by atoms with Crippen molar-refractivity contribution in [3.05, 3.63) is 33.9 Å². The second-order valence-electron chi connectivity index (χ2n) is 7.51. The van der Waals surface area contributed by atoms with Crippen LogP contribution < -0.4 is 0 Å². The largest absolute Gasteiger partial charge is 0.478 e. The van der Waals surface area contributed by atoms with Gasteiger partial charge in [-0.2, -0.15) is 0 Å². The predicted molar refractivity (Wildman–Crippen MR) is 84.7 cm³/mol. The highest BCUT2D eigenvalue weighted by molar-refractivity contribution is 6.10. The van der Waals surface area contributed by atoms with Crippen LogP contribution >= 0.6 is 0 Å². The minimum Gasteiger partial charge on any atom is -0.478 e. The Morgan fingerprint density at radius 3 is 1.43 bits per heavy atom. The maximum atomic E-state index is 11.8. The highest BCUT2D eigenvalue weighted by Crippen LogP contribution is 2.39. The van der Waals surface area contributed by atoms with Crippen molar-refractivity contribution < 1.29 is 29.7 Å². The fraction of sp³-hybridized carbons (Fsp3) is 0.471. The van der Waals surface area contributed by atoms with Crippen LogP contribution in [0.3, 0.4) is 0 Å². The van der Waals surface area contributed by atoms with Gasteiger partial charge >= 0.3 is 17.9 Å². The molecule has 0 heterocycles. The van der Waals surface area contributed by atoms with E-state index in [1.54, 1.807) is 20.8 Å². The summed E-state index contributed by atoms with van der Waals surface area (Å²) in [6.45, 7) is 10.8.